The van der Waals surface area contributed by atoms with E-state index in [-0.39, 0.29) is 11.2 Å². The summed E-state index contributed by atoms with van der Waals surface area (Å²) in [5.41, 5.74) is 3.56. The molecule has 0 aliphatic heterocycles. The smallest absolute Gasteiger partial charge is 0.239 e. The number of para-hydroxylation sites is 1. The quantitative estimate of drug-likeness (QED) is 0.462. The Morgan fingerprint density at radius 1 is 1.24 bits per heavy atom. The number of anilines is 1. The molecule has 1 amide bonds. The van der Waals surface area contributed by atoms with Gasteiger partial charge in [-0.25, -0.2) is 9.97 Å². The lowest BCUT2D eigenvalue weighted by molar-refractivity contribution is -0.115. The molecule has 3 heterocycles. The van der Waals surface area contributed by atoms with Crippen molar-refractivity contribution in [3.8, 4) is 0 Å². The minimum atomic E-state index is -0.306. The lowest BCUT2D eigenvalue weighted by Gasteiger charge is -2.11. The summed E-state index contributed by atoms with van der Waals surface area (Å²) in [6.45, 7) is 1.99. The van der Waals surface area contributed by atoms with Crippen LogP contribution in [0.3, 0.4) is 0 Å². The number of hydrogen-bond donors (Lipinski definition) is 2. The molecule has 9 heteroatoms. The molecule has 4 aromatic rings. The molecule has 0 saturated carbocycles. The van der Waals surface area contributed by atoms with Gasteiger partial charge in [0.1, 0.15) is 5.52 Å². The number of thiazole rings is 1. The van der Waals surface area contributed by atoms with Gasteiger partial charge in [-0.1, -0.05) is 36.9 Å². The van der Waals surface area contributed by atoms with Gasteiger partial charge in [0.25, 0.3) is 0 Å². The van der Waals surface area contributed by atoms with Gasteiger partial charge in [0.2, 0.25) is 11.1 Å². The maximum atomic E-state index is 12.8. The molecule has 0 bridgehead atoms. The van der Waals surface area contributed by atoms with E-state index in [1.807, 2.05) is 31.2 Å². The Labute approximate surface area is 175 Å². The first-order valence-corrected chi connectivity index (χ1v) is 11.5. The molecule has 7 nitrogen and oxygen atoms in total. The topological polar surface area (TPSA) is 96.5 Å². The number of benzene rings is 1. The van der Waals surface area contributed by atoms with E-state index in [2.05, 4.69) is 30.5 Å². The van der Waals surface area contributed by atoms with Gasteiger partial charge in [-0.15, -0.1) is 21.5 Å². The average molecular weight is 425 g/mol. The molecule has 3 aromatic heterocycles. The minimum Gasteiger partial charge on any atom is -0.338 e. The molecular weight excluding hydrogens is 404 g/mol. The number of carbonyl (C=O) groups is 1. The lowest BCUT2D eigenvalue weighted by atomic mass is 10.0. The third-order valence-electron chi connectivity index (χ3n) is 5.09. The van der Waals surface area contributed by atoms with Crippen molar-refractivity contribution in [1.82, 2.24) is 25.1 Å². The number of rotatable bonds is 5. The Hall–Kier alpha value is -2.52. The highest BCUT2D eigenvalue weighted by Crippen LogP contribution is 2.31. The fourth-order valence-electron chi connectivity index (χ4n) is 3.60. The second kappa shape index (κ2) is 7.72. The first-order valence-electron chi connectivity index (χ1n) is 9.78. The molecular formula is C20H20N6OS2. The number of amides is 1. The summed E-state index contributed by atoms with van der Waals surface area (Å²) in [6, 6.07) is 7.91. The van der Waals surface area contributed by atoms with Crippen LogP contribution in [0.4, 0.5) is 5.13 Å². The summed E-state index contributed by atoms with van der Waals surface area (Å²) in [5, 5.41) is 13.5. The normalized spacial score (nSPS) is 14.8. The van der Waals surface area contributed by atoms with E-state index < -0.39 is 0 Å². The third kappa shape index (κ3) is 3.60. The van der Waals surface area contributed by atoms with Gasteiger partial charge in [0, 0.05) is 15.8 Å². The van der Waals surface area contributed by atoms with Crippen LogP contribution >= 0.6 is 23.1 Å². The number of aryl methyl sites for hydroxylation is 2. The first kappa shape index (κ1) is 18.5. The molecule has 1 aliphatic rings. The van der Waals surface area contributed by atoms with Crippen molar-refractivity contribution in [2.45, 2.75) is 49.4 Å². The molecule has 5 rings (SSSR count). The third-order valence-corrected chi connectivity index (χ3v) is 7.38. The van der Waals surface area contributed by atoms with Crippen molar-refractivity contribution in [3.05, 3.63) is 34.8 Å². The van der Waals surface area contributed by atoms with E-state index >= 15 is 0 Å². The molecule has 2 N–H and O–H groups in total. The molecule has 0 spiro atoms. The van der Waals surface area contributed by atoms with Gasteiger partial charge in [-0.3, -0.25) is 4.79 Å². The molecule has 0 unspecified atom stereocenters. The number of aromatic amines is 1. The molecule has 0 fully saturated rings. The van der Waals surface area contributed by atoms with Gasteiger partial charge >= 0.3 is 0 Å². The van der Waals surface area contributed by atoms with E-state index in [1.54, 1.807) is 11.3 Å². The number of carbonyl (C=O) groups excluding carboxylic acids is 1. The highest BCUT2D eigenvalue weighted by molar-refractivity contribution is 8.00. The molecule has 1 aromatic carbocycles. The van der Waals surface area contributed by atoms with Crippen molar-refractivity contribution < 1.29 is 4.79 Å². The molecule has 1 aliphatic carbocycles. The standard InChI is InChI=1S/C20H20N6OS2/c1-2-14(18(27)24-19-22-13-9-5-6-10-15(13)29-19)28-20-23-17-16(25-26-20)11-7-3-4-8-12(11)21-17/h3-4,7-8,14H,2,5-6,9-10H2,1H3,(H,21,23,26)(H,22,24,27)/t14-/m1/s1. The van der Waals surface area contributed by atoms with Crippen LogP contribution < -0.4 is 5.32 Å². The van der Waals surface area contributed by atoms with Crippen LogP contribution in [0, 0.1) is 0 Å². The zero-order chi connectivity index (χ0) is 19.8. The number of thioether (sulfide) groups is 1. The highest BCUT2D eigenvalue weighted by atomic mass is 32.2. The zero-order valence-electron chi connectivity index (χ0n) is 15.9. The number of nitrogens with zero attached hydrogens (tertiary/aromatic N) is 4. The molecule has 1 atom stereocenters. The summed E-state index contributed by atoms with van der Waals surface area (Å²) in [6.07, 6.45) is 5.13. The predicted molar refractivity (Wildman–Crippen MR) is 117 cm³/mol. The van der Waals surface area contributed by atoms with Crippen molar-refractivity contribution in [2.24, 2.45) is 0 Å². The zero-order valence-corrected chi connectivity index (χ0v) is 17.6. The van der Waals surface area contributed by atoms with Crippen LogP contribution in [0.25, 0.3) is 22.1 Å². The van der Waals surface area contributed by atoms with E-state index in [4.69, 9.17) is 0 Å². The first-order chi connectivity index (χ1) is 14.2. The second-order valence-electron chi connectivity index (χ2n) is 7.06. The number of fused-ring (bicyclic) bond motifs is 4. The van der Waals surface area contributed by atoms with Crippen molar-refractivity contribution >= 4 is 56.2 Å². The number of H-pyrrole nitrogens is 1. The lowest BCUT2D eigenvalue weighted by Crippen LogP contribution is -2.24. The molecule has 0 saturated heterocycles. The van der Waals surface area contributed by atoms with Crippen LogP contribution in [0.2, 0.25) is 0 Å². The fourth-order valence-corrected chi connectivity index (χ4v) is 5.47. The number of nitrogens with one attached hydrogen (secondary N) is 2. The monoisotopic (exact) mass is 424 g/mol. The van der Waals surface area contributed by atoms with Crippen LogP contribution in [-0.2, 0) is 17.6 Å². The van der Waals surface area contributed by atoms with Gasteiger partial charge < -0.3 is 10.3 Å². The maximum absolute atomic E-state index is 12.8. The average Bonchev–Trinajstić information content (AvgIpc) is 3.31. The minimum absolute atomic E-state index is 0.0658. The predicted octanol–water partition coefficient (Wildman–Crippen LogP) is 4.35. The largest absolute Gasteiger partial charge is 0.338 e. The summed E-state index contributed by atoms with van der Waals surface area (Å²) in [7, 11) is 0. The Morgan fingerprint density at radius 2 is 2.10 bits per heavy atom. The molecule has 29 heavy (non-hydrogen) atoms. The van der Waals surface area contributed by atoms with E-state index in [9.17, 15) is 4.79 Å². The van der Waals surface area contributed by atoms with Crippen molar-refractivity contribution in [1.29, 1.82) is 0 Å². The number of aromatic nitrogens is 5. The summed E-state index contributed by atoms with van der Waals surface area (Å²) in [5.74, 6) is -0.0658. The van der Waals surface area contributed by atoms with Crippen LogP contribution in [0.1, 0.15) is 36.8 Å². The Bertz CT molecular complexity index is 1180. The second-order valence-corrected chi connectivity index (χ2v) is 9.32. The molecule has 0 radical (unpaired) electrons. The highest BCUT2D eigenvalue weighted by Gasteiger charge is 2.23. The summed E-state index contributed by atoms with van der Waals surface area (Å²) < 4.78 is 0. The van der Waals surface area contributed by atoms with Gasteiger partial charge in [0.15, 0.2) is 10.8 Å². The van der Waals surface area contributed by atoms with Crippen molar-refractivity contribution in [2.75, 3.05) is 5.32 Å². The Kier molecular flexibility index (Phi) is 4.92. The summed E-state index contributed by atoms with van der Waals surface area (Å²) in [4.78, 5) is 26.6. The van der Waals surface area contributed by atoms with Gasteiger partial charge in [-0.05, 0) is 38.2 Å². The van der Waals surface area contributed by atoms with Crippen LogP contribution in [0.15, 0.2) is 29.4 Å². The van der Waals surface area contributed by atoms with Crippen LogP contribution in [-0.4, -0.2) is 36.3 Å². The van der Waals surface area contributed by atoms with Crippen LogP contribution in [0.5, 0.6) is 0 Å². The van der Waals surface area contributed by atoms with Gasteiger partial charge in [0.05, 0.1) is 10.9 Å². The number of hydrogen-bond acceptors (Lipinski definition) is 7. The van der Waals surface area contributed by atoms with E-state index in [0.717, 1.165) is 35.0 Å². The SMILES string of the molecule is CC[C@@H](Sc1nnc2c(n1)[nH]c1ccccc12)C(=O)Nc1nc2c(s1)CCCC2. The fraction of sp³-hybridized carbons (Fsp3) is 0.350. The van der Waals surface area contributed by atoms with E-state index in [0.29, 0.717) is 22.4 Å². The summed E-state index contributed by atoms with van der Waals surface area (Å²) >= 11 is 2.94. The van der Waals surface area contributed by atoms with Gasteiger partial charge in [-0.2, -0.15) is 0 Å². The van der Waals surface area contributed by atoms with E-state index in [1.165, 1.54) is 29.5 Å². The Balaban J connectivity index is 1.34. The van der Waals surface area contributed by atoms with Crippen molar-refractivity contribution in [3.63, 3.8) is 0 Å². The maximum Gasteiger partial charge on any atom is 0.239 e. The molecule has 148 valence electrons. The Morgan fingerprint density at radius 3 is 2.97 bits per heavy atom.